The minimum absolute atomic E-state index is 0. The van der Waals surface area contributed by atoms with Crippen LogP contribution in [-0.4, -0.2) is 0 Å². The topological polar surface area (TPSA) is 0 Å². The van der Waals surface area contributed by atoms with E-state index >= 15 is 0 Å². The van der Waals surface area contributed by atoms with E-state index < -0.39 is 0 Å². The van der Waals surface area contributed by atoms with Gasteiger partial charge in [-0.05, 0) is 0 Å². The zero-order valence-electron chi connectivity index (χ0n) is 7.81. The second-order valence-electron chi connectivity index (χ2n) is 1.98. The van der Waals surface area contributed by atoms with Gasteiger partial charge in [0.1, 0.15) is 0 Å². The van der Waals surface area contributed by atoms with Gasteiger partial charge in [0.25, 0.3) is 0 Å². The fourth-order valence-electron chi connectivity index (χ4n) is 0.604. The van der Waals surface area contributed by atoms with E-state index in [2.05, 4.69) is 26.0 Å². The fourth-order valence-corrected chi connectivity index (χ4v) is 0.604. The SMILES string of the molecule is CC.Cc1[c-]cccc1C.[Y]. The molecule has 1 heteroatoms. The van der Waals surface area contributed by atoms with Crippen LogP contribution in [0, 0.1) is 19.9 Å². The average molecular weight is 224 g/mol. The predicted octanol–water partition coefficient (Wildman–Crippen LogP) is 3.13. The van der Waals surface area contributed by atoms with Crippen LogP contribution >= 0.6 is 0 Å². The molecule has 0 fully saturated rings. The van der Waals surface area contributed by atoms with Gasteiger partial charge in [-0.1, -0.05) is 27.7 Å². The number of hydrogen-bond acceptors (Lipinski definition) is 0. The van der Waals surface area contributed by atoms with Crippen molar-refractivity contribution < 1.29 is 32.7 Å². The normalized spacial score (nSPS) is 7.27. The van der Waals surface area contributed by atoms with Crippen LogP contribution in [0.3, 0.4) is 0 Å². The van der Waals surface area contributed by atoms with E-state index in [-0.39, 0.29) is 32.7 Å². The van der Waals surface area contributed by atoms with Gasteiger partial charge in [0.05, 0.1) is 0 Å². The Hall–Kier alpha value is 0.324. The van der Waals surface area contributed by atoms with Gasteiger partial charge >= 0.3 is 0 Å². The molecule has 0 spiro atoms. The Morgan fingerprint density at radius 2 is 1.73 bits per heavy atom. The van der Waals surface area contributed by atoms with Gasteiger partial charge in [0.15, 0.2) is 0 Å². The van der Waals surface area contributed by atoms with Gasteiger partial charge in [-0.2, -0.15) is 35.4 Å². The zero-order valence-corrected chi connectivity index (χ0v) is 10.6. The van der Waals surface area contributed by atoms with Crippen LogP contribution in [0.4, 0.5) is 0 Å². The molecule has 0 aliphatic carbocycles. The average Bonchev–Trinajstić information content (AvgIpc) is 2.00. The van der Waals surface area contributed by atoms with Crippen LogP contribution in [0.1, 0.15) is 25.0 Å². The summed E-state index contributed by atoms with van der Waals surface area (Å²) in [7, 11) is 0. The Kier molecular flexibility index (Phi) is 10.6. The molecule has 1 rings (SSSR count). The van der Waals surface area contributed by atoms with Crippen LogP contribution in [-0.2, 0) is 32.7 Å². The van der Waals surface area contributed by atoms with E-state index in [4.69, 9.17) is 0 Å². The van der Waals surface area contributed by atoms with E-state index in [9.17, 15) is 0 Å². The van der Waals surface area contributed by atoms with Gasteiger partial charge in [-0.3, -0.25) is 0 Å². The van der Waals surface area contributed by atoms with Crippen LogP contribution in [0.5, 0.6) is 0 Å². The quantitative estimate of drug-likeness (QED) is 0.594. The molecule has 0 aromatic heterocycles. The summed E-state index contributed by atoms with van der Waals surface area (Å²) in [4.78, 5) is 0. The molecule has 0 nitrogen and oxygen atoms in total. The van der Waals surface area contributed by atoms with E-state index in [1.165, 1.54) is 11.1 Å². The third kappa shape index (κ3) is 5.58. The Morgan fingerprint density at radius 3 is 2.00 bits per heavy atom. The molecule has 0 aliphatic rings. The predicted molar refractivity (Wildman–Crippen MR) is 46.1 cm³/mol. The number of aryl methyl sites for hydroxylation is 2. The van der Waals surface area contributed by atoms with Crippen molar-refractivity contribution >= 4 is 0 Å². The van der Waals surface area contributed by atoms with Crippen LogP contribution < -0.4 is 0 Å². The van der Waals surface area contributed by atoms with Crippen LogP contribution in [0.25, 0.3) is 0 Å². The van der Waals surface area contributed by atoms with E-state index in [0.717, 1.165) is 0 Å². The first kappa shape index (κ1) is 13.9. The molecule has 0 saturated carbocycles. The molecule has 1 radical (unpaired) electrons. The first-order valence-electron chi connectivity index (χ1n) is 3.74. The molecule has 0 unspecified atom stereocenters. The fraction of sp³-hybridized carbons (Fsp3) is 0.400. The Labute approximate surface area is 95.3 Å². The molecule has 0 heterocycles. The molecular formula is C10H15Y-. The Balaban J connectivity index is 0. The third-order valence-corrected chi connectivity index (χ3v) is 1.33. The van der Waals surface area contributed by atoms with Crippen molar-refractivity contribution in [1.82, 2.24) is 0 Å². The van der Waals surface area contributed by atoms with Crippen molar-refractivity contribution in [3.63, 3.8) is 0 Å². The number of rotatable bonds is 0. The first-order chi connectivity index (χ1) is 4.80. The molecule has 1 aromatic rings. The summed E-state index contributed by atoms with van der Waals surface area (Å²) in [6, 6.07) is 9.12. The standard InChI is InChI=1S/C8H9.C2H6.Y/c1-7-5-3-4-6-8(7)2;1-2;/h3-5H,1-2H3;1-2H3;/q-1;;. The maximum absolute atomic E-state index is 3.10. The van der Waals surface area contributed by atoms with Crippen molar-refractivity contribution in [1.29, 1.82) is 0 Å². The smallest absolute Gasteiger partial charge is 0 e. The third-order valence-electron chi connectivity index (χ3n) is 1.33. The maximum atomic E-state index is 3.10. The van der Waals surface area contributed by atoms with Gasteiger partial charge in [-0.15, -0.1) is 0 Å². The molecule has 0 N–H and O–H groups in total. The number of benzene rings is 1. The summed E-state index contributed by atoms with van der Waals surface area (Å²) in [6.45, 7) is 8.15. The summed E-state index contributed by atoms with van der Waals surface area (Å²) in [6.07, 6.45) is 0. The summed E-state index contributed by atoms with van der Waals surface area (Å²) >= 11 is 0. The van der Waals surface area contributed by atoms with Gasteiger partial charge in [0, 0.05) is 32.7 Å². The van der Waals surface area contributed by atoms with Gasteiger partial charge in [0.2, 0.25) is 0 Å². The summed E-state index contributed by atoms with van der Waals surface area (Å²) in [5.41, 5.74) is 2.56. The van der Waals surface area contributed by atoms with Crippen molar-refractivity contribution in [2.75, 3.05) is 0 Å². The van der Waals surface area contributed by atoms with E-state index in [1.807, 2.05) is 26.0 Å². The van der Waals surface area contributed by atoms with E-state index in [0.29, 0.717) is 0 Å². The summed E-state index contributed by atoms with van der Waals surface area (Å²) < 4.78 is 0. The second kappa shape index (κ2) is 8.42. The molecule has 0 amide bonds. The summed E-state index contributed by atoms with van der Waals surface area (Å²) in [5.74, 6) is 0. The summed E-state index contributed by atoms with van der Waals surface area (Å²) in [5, 5.41) is 0. The molecular weight excluding hydrogens is 209 g/mol. The van der Waals surface area contributed by atoms with Crippen molar-refractivity contribution in [3.8, 4) is 0 Å². The maximum Gasteiger partial charge on any atom is 0 e. The van der Waals surface area contributed by atoms with Crippen molar-refractivity contribution in [2.24, 2.45) is 0 Å². The molecule has 1 aromatic carbocycles. The van der Waals surface area contributed by atoms with E-state index in [1.54, 1.807) is 0 Å². The minimum atomic E-state index is 0. The molecule has 59 valence electrons. The van der Waals surface area contributed by atoms with Crippen molar-refractivity contribution in [3.05, 3.63) is 35.4 Å². The number of hydrogen-bond donors (Lipinski definition) is 0. The zero-order chi connectivity index (χ0) is 7.98. The van der Waals surface area contributed by atoms with Crippen LogP contribution in [0.15, 0.2) is 18.2 Å². The minimum Gasteiger partial charge on any atom is -0.180 e. The second-order valence-corrected chi connectivity index (χ2v) is 1.98. The Morgan fingerprint density at radius 1 is 1.18 bits per heavy atom. The molecule has 0 bridgehead atoms. The monoisotopic (exact) mass is 224 g/mol. The van der Waals surface area contributed by atoms with Gasteiger partial charge < -0.3 is 0 Å². The Bertz CT molecular complexity index is 161. The van der Waals surface area contributed by atoms with Gasteiger partial charge in [-0.25, -0.2) is 0 Å². The first-order valence-corrected chi connectivity index (χ1v) is 3.74. The molecule has 11 heavy (non-hydrogen) atoms. The van der Waals surface area contributed by atoms with Crippen LogP contribution in [0.2, 0.25) is 0 Å². The molecule has 0 atom stereocenters. The molecule has 0 aliphatic heterocycles. The largest absolute Gasteiger partial charge is 0.180 e. The van der Waals surface area contributed by atoms with Crippen molar-refractivity contribution in [2.45, 2.75) is 27.7 Å². The molecule has 0 saturated heterocycles.